The van der Waals surface area contributed by atoms with Crippen LogP contribution in [-0.2, 0) is 4.79 Å². The van der Waals surface area contributed by atoms with Gasteiger partial charge < -0.3 is 10.3 Å². The minimum absolute atomic E-state index is 0.258. The van der Waals surface area contributed by atoms with Crippen molar-refractivity contribution in [3.63, 3.8) is 0 Å². The van der Waals surface area contributed by atoms with Gasteiger partial charge in [0.25, 0.3) is 5.91 Å². The normalized spacial score (nSPS) is 18.5. The minimum atomic E-state index is -0.484. The molecule has 0 aromatic carbocycles. The Morgan fingerprint density at radius 3 is 2.57 bits per heavy atom. The van der Waals surface area contributed by atoms with E-state index in [-0.39, 0.29) is 5.70 Å². The molecule has 14 heavy (non-hydrogen) atoms. The third-order valence-electron chi connectivity index (χ3n) is 1.69. The van der Waals surface area contributed by atoms with Gasteiger partial charge in [-0.15, -0.1) is 0 Å². The van der Waals surface area contributed by atoms with Crippen LogP contribution in [0.2, 0.25) is 0 Å². The Bertz CT molecular complexity index is 436. The Labute approximate surface area is 93.1 Å². The third kappa shape index (κ3) is 1.79. The van der Waals surface area contributed by atoms with Crippen molar-refractivity contribution in [1.82, 2.24) is 15.6 Å². The van der Waals surface area contributed by atoms with Crippen molar-refractivity contribution < 1.29 is 9.59 Å². The topological polar surface area (TPSA) is 74.0 Å². The number of imide groups is 1. The molecular weight excluding hydrogens is 297 g/mol. The van der Waals surface area contributed by atoms with E-state index in [9.17, 15) is 9.59 Å². The van der Waals surface area contributed by atoms with Crippen LogP contribution in [0, 0.1) is 3.57 Å². The van der Waals surface area contributed by atoms with E-state index in [0.29, 0.717) is 0 Å². The highest BCUT2D eigenvalue weighted by atomic mass is 127. The Morgan fingerprint density at radius 1 is 1.29 bits per heavy atom. The highest BCUT2D eigenvalue weighted by Gasteiger charge is 2.22. The molecule has 2 rings (SSSR count). The molecule has 0 aliphatic carbocycles. The van der Waals surface area contributed by atoms with Gasteiger partial charge in [-0.25, -0.2) is 4.79 Å². The second-order valence-corrected chi connectivity index (χ2v) is 3.99. The van der Waals surface area contributed by atoms with Crippen LogP contribution in [0.5, 0.6) is 0 Å². The molecule has 0 bridgehead atoms. The van der Waals surface area contributed by atoms with Crippen molar-refractivity contribution in [2.45, 2.75) is 0 Å². The van der Waals surface area contributed by atoms with Gasteiger partial charge in [0, 0.05) is 15.5 Å². The van der Waals surface area contributed by atoms with Crippen molar-refractivity contribution in [1.29, 1.82) is 0 Å². The fraction of sp³-hybridized carbons (Fsp3) is 0. The number of hydrogen-bond acceptors (Lipinski definition) is 2. The van der Waals surface area contributed by atoms with Gasteiger partial charge in [-0.3, -0.25) is 10.1 Å². The molecule has 1 saturated heterocycles. The number of carbonyl (C=O) groups excluding carboxylic acids is 2. The van der Waals surface area contributed by atoms with Crippen molar-refractivity contribution in [2.75, 3.05) is 0 Å². The highest BCUT2D eigenvalue weighted by Crippen LogP contribution is 2.10. The lowest BCUT2D eigenvalue weighted by Gasteiger charge is -1.90. The molecule has 3 N–H and O–H groups in total. The van der Waals surface area contributed by atoms with Gasteiger partial charge in [-0.2, -0.15) is 0 Å². The number of amides is 3. The van der Waals surface area contributed by atoms with Crippen LogP contribution in [0.15, 0.2) is 18.0 Å². The number of hydrogen-bond donors (Lipinski definition) is 3. The summed E-state index contributed by atoms with van der Waals surface area (Å²) >= 11 is 2.15. The molecule has 0 atom stereocenters. The van der Waals surface area contributed by atoms with E-state index in [1.54, 1.807) is 6.08 Å². The first-order valence-corrected chi connectivity index (χ1v) is 4.91. The predicted molar refractivity (Wildman–Crippen MR) is 58.2 cm³/mol. The molecule has 1 aromatic rings. The highest BCUT2D eigenvalue weighted by molar-refractivity contribution is 14.1. The Morgan fingerprint density at radius 2 is 2.07 bits per heavy atom. The first kappa shape index (κ1) is 9.25. The van der Waals surface area contributed by atoms with Gasteiger partial charge in [0.1, 0.15) is 5.70 Å². The van der Waals surface area contributed by atoms with Crippen LogP contribution in [0.4, 0.5) is 4.79 Å². The summed E-state index contributed by atoms with van der Waals surface area (Å²) in [5.41, 5.74) is 1.04. The molecule has 1 aliphatic heterocycles. The molecule has 0 spiro atoms. The number of H-pyrrole nitrogens is 1. The van der Waals surface area contributed by atoms with Crippen molar-refractivity contribution in [3.8, 4) is 0 Å². The largest absolute Gasteiger partial charge is 0.361 e. The summed E-state index contributed by atoms with van der Waals surface area (Å²) in [6.45, 7) is 0. The monoisotopic (exact) mass is 303 g/mol. The predicted octanol–water partition coefficient (Wildman–Crippen LogP) is 0.800. The third-order valence-corrected chi connectivity index (χ3v) is 2.31. The molecule has 0 radical (unpaired) electrons. The smallest absolute Gasteiger partial charge is 0.326 e. The van der Waals surface area contributed by atoms with Crippen molar-refractivity contribution in [2.24, 2.45) is 0 Å². The molecule has 1 fully saturated rings. The molecule has 2 heterocycles. The van der Waals surface area contributed by atoms with Crippen LogP contribution in [0.1, 0.15) is 5.69 Å². The lowest BCUT2D eigenvalue weighted by atomic mass is 10.3. The van der Waals surface area contributed by atoms with Gasteiger partial charge in [-0.05, 0) is 34.7 Å². The van der Waals surface area contributed by atoms with Gasteiger partial charge >= 0.3 is 6.03 Å². The summed E-state index contributed by atoms with van der Waals surface area (Å²) in [4.78, 5) is 24.8. The molecule has 0 saturated carbocycles. The zero-order valence-electron chi connectivity index (χ0n) is 6.93. The summed E-state index contributed by atoms with van der Waals surface area (Å²) in [5.74, 6) is -0.403. The quantitative estimate of drug-likeness (QED) is 0.408. The number of aromatic nitrogens is 1. The Kier molecular flexibility index (Phi) is 2.28. The molecule has 6 heteroatoms. The Hall–Kier alpha value is -1.31. The number of carbonyl (C=O) groups is 2. The van der Waals surface area contributed by atoms with Crippen LogP contribution in [-0.4, -0.2) is 16.9 Å². The van der Waals surface area contributed by atoms with Gasteiger partial charge in [0.05, 0.1) is 0 Å². The van der Waals surface area contributed by atoms with E-state index in [0.717, 1.165) is 9.26 Å². The summed E-state index contributed by atoms with van der Waals surface area (Å²) < 4.78 is 1.04. The summed E-state index contributed by atoms with van der Waals surface area (Å²) in [6.07, 6.45) is 3.39. The maximum absolute atomic E-state index is 11.1. The summed E-state index contributed by atoms with van der Waals surface area (Å²) in [5, 5.41) is 4.52. The Balaban J connectivity index is 2.27. The van der Waals surface area contributed by atoms with Gasteiger partial charge in [0.15, 0.2) is 0 Å². The number of aromatic amines is 1. The van der Waals surface area contributed by atoms with Crippen LogP contribution >= 0.6 is 22.6 Å². The average Bonchev–Trinajstić information content (AvgIpc) is 2.61. The number of nitrogens with one attached hydrogen (secondary N) is 3. The fourth-order valence-electron chi connectivity index (χ4n) is 1.11. The first-order chi connectivity index (χ1) is 6.65. The maximum atomic E-state index is 11.1. The van der Waals surface area contributed by atoms with E-state index in [4.69, 9.17) is 0 Å². The second-order valence-electron chi connectivity index (χ2n) is 2.74. The van der Waals surface area contributed by atoms with Crippen LogP contribution in [0.25, 0.3) is 6.08 Å². The number of halogens is 1. The van der Waals surface area contributed by atoms with E-state index in [2.05, 4.69) is 38.2 Å². The van der Waals surface area contributed by atoms with E-state index < -0.39 is 11.9 Å². The zero-order chi connectivity index (χ0) is 10.1. The molecule has 72 valence electrons. The lowest BCUT2D eigenvalue weighted by Crippen LogP contribution is -2.22. The molecule has 0 unspecified atom stereocenters. The van der Waals surface area contributed by atoms with Crippen molar-refractivity contribution >= 4 is 40.6 Å². The molecule has 1 aromatic heterocycles. The summed E-state index contributed by atoms with van der Waals surface area (Å²) in [7, 11) is 0. The standard InChI is InChI=1S/C8H6IN3O2/c9-4-1-5(10-3-4)2-6-7(13)12-8(14)11-6/h1-3,10H,(H2,11,12,13,14)/b6-2-. The van der Waals surface area contributed by atoms with Crippen LogP contribution < -0.4 is 10.6 Å². The first-order valence-electron chi connectivity index (χ1n) is 3.83. The SMILES string of the molecule is O=C1NC(=O)/C(=C/c2cc(I)c[nH]2)N1. The van der Waals surface area contributed by atoms with Crippen LogP contribution in [0.3, 0.4) is 0 Å². The average molecular weight is 303 g/mol. The van der Waals surface area contributed by atoms with E-state index >= 15 is 0 Å². The van der Waals surface area contributed by atoms with E-state index in [1.807, 2.05) is 12.3 Å². The molecular formula is C8H6IN3O2. The van der Waals surface area contributed by atoms with Crippen molar-refractivity contribution in [3.05, 3.63) is 27.2 Å². The number of urea groups is 1. The molecule has 3 amide bonds. The van der Waals surface area contributed by atoms with Gasteiger partial charge in [0.2, 0.25) is 0 Å². The molecule has 5 nitrogen and oxygen atoms in total. The lowest BCUT2D eigenvalue weighted by molar-refractivity contribution is -0.115. The zero-order valence-corrected chi connectivity index (χ0v) is 9.08. The fourth-order valence-corrected chi connectivity index (χ4v) is 1.60. The number of rotatable bonds is 1. The summed E-state index contributed by atoms with van der Waals surface area (Å²) in [6, 6.07) is 1.38. The minimum Gasteiger partial charge on any atom is -0.361 e. The maximum Gasteiger partial charge on any atom is 0.326 e. The van der Waals surface area contributed by atoms with E-state index in [1.165, 1.54) is 0 Å². The molecule has 1 aliphatic rings. The van der Waals surface area contributed by atoms with Gasteiger partial charge in [-0.1, -0.05) is 0 Å². The second kappa shape index (κ2) is 3.45.